The number of carbonyl (C=O) groups is 1. The topological polar surface area (TPSA) is 58.2 Å². The van der Waals surface area contributed by atoms with Crippen LogP contribution in [0.4, 0.5) is 4.79 Å². The molecule has 1 N–H and O–H groups in total. The summed E-state index contributed by atoms with van der Waals surface area (Å²) < 4.78 is 5.48. The van der Waals surface area contributed by atoms with Crippen LogP contribution < -0.4 is 0 Å². The minimum atomic E-state index is -0.468. The average Bonchev–Trinajstić information content (AvgIpc) is 3.30. The fourth-order valence-corrected chi connectivity index (χ4v) is 3.93. The summed E-state index contributed by atoms with van der Waals surface area (Å²) in [6, 6.07) is 6.40. The molecule has 0 aliphatic carbocycles. The van der Waals surface area contributed by atoms with Crippen LogP contribution in [-0.2, 0) is 4.74 Å². The second-order valence-corrected chi connectivity index (χ2v) is 8.60. The van der Waals surface area contributed by atoms with Crippen molar-refractivity contribution in [3.8, 4) is 10.6 Å². The van der Waals surface area contributed by atoms with Gasteiger partial charge in [-0.15, -0.1) is 11.3 Å². The summed E-state index contributed by atoms with van der Waals surface area (Å²) in [6.45, 7) is 6.91. The molecular formula is C21H23N3O2S. The molecule has 0 radical (unpaired) electrons. The molecule has 0 atom stereocenters. The van der Waals surface area contributed by atoms with Gasteiger partial charge in [-0.2, -0.15) is 0 Å². The number of nitrogens with one attached hydrogen (secondary N) is 1. The number of fused-ring (bicyclic) bond motifs is 1. The van der Waals surface area contributed by atoms with E-state index < -0.39 is 5.60 Å². The number of H-pyrrole nitrogens is 1. The van der Waals surface area contributed by atoms with Crippen molar-refractivity contribution in [2.45, 2.75) is 32.8 Å². The van der Waals surface area contributed by atoms with Crippen LogP contribution in [0.3, 0.4) is 0 Å². The Balaban J connectivity index is 1.58. The highest BCUT2D eigenvalue weighted by molar-refractivity contribution is 7.13. The molecule has 6 heteroatoms. The van der Waals surface area contributed by atoms with Gasteiger partial charge in [0.15, 0.2) is 0 Å². The lowest BCUT2D eigenvalue weighted by atomic mass is 9.98. The summed E-state index contributed by atoms with van der Waals surface area (Å²) in [5, 5.41) is 4.21. The molecule has 1 aliphatic heterocycles. The number of rotatable bonds is 2. The lowest BCUT2D eigenvalue weighted by Crippen LogP contribution is -2.39. The van der Waals surface area contributed by atoms with E-state index in [0.717, 1.165) is 22.5 Å². The summed E-state index contributed by atoms with van der Waals surface area (Å²) in [7, 11) is 0. The third-order valence-electron chi connectivity index (χ3n) is 4.57. The molecule has 0 bridgehead atoms. The van der Waals surface area contributed by atoms with Crippen LogP contribution in [0.15, 0.2) is 42.0 Å². The van der Waals surface area contributed by atoms with Gasteiger partial charge >= 0.3 is 6.09 Å². The smallest absolute Gasteiger partial charge is 0.410 e. The van der Waals surface area contributed by atoms with Crippen LogP contribution in [0.5, 0.6) is 0 Å². The van der Waals surface area contributed by atoms with E-state index in [1.54, 1.807) is 16.2 Å². The predicted octanol–water partition coefficient (Wildman–Crippen LogP) is 5.32. The molecule has 2 aromatic heterocycles. The molecule has 1 amide bonds. The number of thiazole rings is 1. The number of aromatic nitrogens is 2. The summed E-state index contributed by atoms with van der Waals surface area (Å²) in [4.78, 5) is 21.8. The van der Waals surface area contributed by atoms with E-state index in [2.05, 4.69) is 40.4 Å². The molecule has 27 heavy (non-hydrogen) atoms. The van der Waals surface area contributed by atoms with Crippen molar-refractivity contribution in [1.82, 2.24) is 14.9 Å². The van der Waals surface area contributed by atoms with E-state index in [9.17, 15) is 4.79 Å². The van der Waals surface area contributed by atoms with Crippen molar-refractivity contribution in [2.75, 3.05) is 13.1 Å². The van der Waals surface area contributed by atoms with Gasteiger partial charge in [-0.1, -0.05) is 6.08 Å². The lowest BCUT2D eigenvalue weighted by Gasteiger charge is -2.29. The second-order valence-electron chi connectivity index (χ2n) is 7.71. The van der Waals surface area contributed by atoms with Gasteiger partial charge in [0.1, 0.15) is 10.6 Å². The molecule has 1 aromatic carbocycles. The largest absolute Gasteiger partial charge is 0.444 e. The van der Waals surface area contributed by atoms with Crippen LogP contribution in [0.1, 0.15) is 32.8 Å². The predicted molar refractivity (Wildman–Crippen MR) is 110 cm³/mol. The molecule has 0 fully saturated rings. The number of carbonyl (C=O) groups excluding carboxylic acids is 1. The van der Waals surface area contributed by atoms with Gasteiger partial charge in [0.05, 0.1) is 0 Å². The van der Waals surface area contributed by atoms with Gasteiger partial charge in [0.25, 0.3) is 0 Å². The van der Waals surface area contributed by atoms with Gasteiger partial charge in [0.2, 0.25) is 0 Å². The number of hydrogen-bond acceptors (Lipinski definition) is 4. The SMILES string of the molecule is CC(C)(C)OC(=O)N1CC=C(c2c[nH]c3ccc(-c4nccs4)cc23)CC1. The zero-order valence-electron chi connectivity index (χ0n) is 15.8. The molecule has 5 nitrogen and oxygen atoms in total. The average molecular weight is 382 g/mol. The second kappa shape index (κ2) is 6.85. The Labute approximate surface area is 162 Å². The third-order valence-corrected chi connectivity index (χ3v) is 5.39. The number of amides is 1. The summed E-state index contributed by atoms with van der Waals surface area (Å²) >= 11 is 1.64. The molecule has 3 aromatic rings. The van der Waals surface area contributed by atoms with Gasteiger partial charge in [-0.05, 0) is 51.0 Å². The monoisotopic (exact) mass is 381 g/mol. The van der Waals surface area contributed by atoms with Crippen LogP contribution in [0, 0.1) is 0 Å². The van der Waals surface area contributed by atoms with E-state index in [1.807, 2.05) is 32.3 Å². The third kappa shape index (κ3) is 3.76. The molecule has 1 aliphatic rings. The summed E-state index contributed by atoms with van der Waals surface area (Å²) in [6.07, 6.45) is 6.59. The van der Waals surface area contributed by atoms with E-state index >= 15 is 0 Å². The zero-order valence-corrected chi connectivity index (χ0v) is 16.6. The van der Waals surface area contributed by atoms with Crippen LogP contribution in [0.25, 0.3) is 27.0 Å². The summed E-state index contributed by atoms with van der Waals surface area (Å²) in [5.74, 6) is 0. The Hall–Kier alpha value is -2.60. The standard InChI is InChI=1S/C21H23N3O2S/c1-21(2,3)26-20(25)24-9-6-14(7-10-24)17-13-23-18-5-4-15(12-16(17)18)19-22-8-11-27-19/h4-6,8,11-13,23H,7,9-10H2,1-3H3. The van der Waals surface area contributed by atoms with Crippen molar-refractivity contribution in [3.05, 3.63) is 47.6 Å². The van der Waals surface area contributed by atoms with E-state index in [0.29, 0.717) is 13.1 Å². The molecule has 0 saturated heterocycles. The van der Waals surface area contributed by atoms with Crippen molar-refractivity contribution in [1.29, 1.82) is 0 Å². The minimum absolute atomic E-state index is 0.247. The summed E-state index contributed by atoms with van der Waals surface area (Å²) in [5.41, 5.74) is 4.24. The molecule has 0 spiro atoms. The Morgan fingerprint density at radius 1 is 1.33 bits per heavy atom. The highest BCUT2D eigenvalue weighted by atomic mass is 32.1. The fraction of sp³-hybridized carbons (Fsp3) is 0.333. The first kappa shape index (κ1) is 17.8. The molecule has 3 heterocycles. The number of nitrogens with zero attached hydrogens (tertiary/aromatic N) is 2. The molecule has 140 valence electrons. The number of benzene rings is 1. The van der Waals surface area contributed by atoms with Gasteiger partial charge < -0.3 is 14.6 Å². The number of ether oxygens (including phenoxy) is 1. The Bertz CT molecular complexity index is 996. The van der Waals surface area contributed by atoms with Gasteiger partial charge in [0, 0.05) is 52.9 Å². The van der Waals surface area contributed by atoms with Crippen LogP contribution >= 0.6 is 11.3 Å². The zero-order chi connectivity index (χ0) is 19.0. The van der Waals surface area contributed by atoms with Gasteiger partial charge in [-0.3, -0.25) is 0 Å². The lowest BCUT2D eigenvalue weighted by molar-refractivity contribution is 0.0270. The van der Waals surface area contributed by atoms with E-state index in [-0.39, 0.29) is 6.09 Å². The normalized spacial score (nSPS) is 15.1. The van der Waals surface area contributed by atoms with E-state index in [1.165, 1.54) is 16.5 Å². The fourth-order valence-electron chi connectivity index (χ4n) is 3.29. The number of aromatic amines is 1. The maximum atomic E-state index is 12.3. The quantitative estimate of drug-likeness (QED) is 0.654. The molecule has 4 rings (SSSR count). The molecule has 0 saturated carbocycles. The first-order valence-corrected chi connectivity index (χ1v) is 9.97. The van der Waals surface area contributed by atoms with Crippen LogP contribution in [0.2, 0.25) is 0 Å². The molecular weight excluding hydrogens is 358 g/mol. The van der Waals surface area contributed by atoms with Crippen molar-refractivity contribution in [2.24, 2.45) is 0 Å². The van der Waals surface area contributed by atoms with Crippen molar-refractivity contribution < 1.29 is 9.53 Å². The Morgan fingerprint density at radius 2 is 2.19 bits per heavy atom. The molecule has 0 unspecified atom stereocenters. The maximum absolute atomic E-state index is 12.3. The van der Waals surface area contributed by atoms with E-state index in [4.69, 9.17) is 4.74 Å². The van der Waals surface area contributed by atoms with Crippen molar-refractivity contribution >= 4 is 33.9 Å². The van der Waals surface area contributed by atoms with Crippen molar-refractivity contribution in [3.63, 3.8) is 0 Å². The number of hydrogen-bond donors (Lipinski definition) is 1. The first-order valence-electron chi connectivity index (χ1n) is 9.09. The highest BCUT2D eigenvalue weighted by Gasteiger charge is 2.24. The van der Waals surface area contributed by atoms with Crippen LogP contribution in [-0.4, -0.2) is 39.7 Å². The Morgan fingerprint density at radius 3 is 2.85 bits per heavy atom. The Kier molecular flexibility index (Phi) is 4.52. The first-order chi connectivity index (χ1) is 12.9. The minimum Gasteiger partial charge on any atom is -0.444 e. The highest BCUT2D eigenvalue weighted by Crippen LogP contribution is 2.33. The maximum Gasteiger partial charge on any atom is 0.410 e. The van der Waals surface area contributed by atoms with Gasteiger partial charge in [-0.25, -0.2) is 9.78 Å².